The van der Waals surface area contributed by atoms with Gasteiger partial charge in [0.15, 0.2) is 0 Å². The number of carbonyl (C=O) groups is 1. The molecule has 0 aromatic heterocycles. The van der Waals surface area contributed by atoms with E-state index < -0.39 is 5.54 Å². The minimum Gasteiger partial charge on any atom is -0.374 e. The fraction of sp³-hybridized carbons (Fsp3) is 0.562. The van der Waals surface area contributed by atoms with Crippen molar-refractivity contribution < 1.29 is 9.53 Å². The van der Waals surface area contributed by atoms with Gasteiger partial charge in [-0.2, -0.15) is 0 Å². The van der Waals surface area contributed by atoms with Crippen molar-refractivity contribution in [2.45, 2.75) is 57.8 Å². The van der Waals surface area contributed by atoms with Crippen LogP contribution in [0.4, 0.5) is 5.69 Å². The standard InChI is InChI=1S/C16H24N2O2/c1-12(2)20-11-13-6-5-7-14(10-13)18-15(19)16(17)8-3-4-9-16/h5-7,10,12H,3-4,8-9,11,17H2,1-2H3,(H,18,19). The fourth-order valence-corrected chi connectivity index (χ4v) is 2.49. The third kappa shape index (κ3) is 3.81. The lowest BCUT2D eigenvalue weighted by Gasteiger charge is -2.22. The Morgan fingerprint density at radius 1 is 1.40 bits per heavy atom. The quantitative estimate of drug-likeness (QED) is 0.869. The van der Waals surface area contributed by atoms with E-state index in [4.69, 9.17) is 10.5 Å². The Morgan fingerprint density at radius 3 is 2.75 bits per heavy atom. The molecule has 1 aliphatic carbocycles. The third-order valence-corrected chi connectivity index (χ3v) is 3.72. The molecule has 0 unspecified atom stereocenters. The van der Waals surface area contributed by atoms with E-state index in [1.54, 1.807) is 0 Å². The third-order valence-electron chi connectivity index (χ3n) is 3.72. The molecule has 0 atom stereocenters. The van der Waals surface area contributed by atoms with E-state index >= 15 is 0 Å². The number of anilines is 1. The Bertz CT molecular complexity index is 465. The summed E-state index contributed by atoms with van der Waals surface area (Å²) in [6.07, 6.45) is 3.81. The van der Waals surface area contributed by atoms with E-state index in [-0.39, 0.29) is 12.0 Å². The number of ether oxygens (including phenoxy) is 1. The van der Waals surface area contributed by atoms with Gasteiger partial charge in [0, 0.05) is 5.69 Å². The summed E-state index contributed by atoms with van der Waals surface area (Å²) in [6, 6.07) is 7.74. The van der Waals surface area contributed by atoms with Gasteiger partial charge in [-0.1, -0.05) is 25.0 Å². The van der Waals surface area contributed by atoms with Crippen LogP contribution in [-0.4, -0.2) is 17.6 Å². The van der Waals surface area contributed by atoms with Crippen molar-refractivity contribution in [2.75, 3.05) is 5.32 Å². The molecule has 0 heterocycles. The van der Waals surface area contributed by atoms with Crippen LogP contribution in [0.25, 0.3) is 0 Å². The molecule has 4 nitrogen and oxygen atoms in total. The first-order chi connectivity index (χ1) is 9.49. The predicted molar refractivity (Wildman–Crippen MR) is 80.4 cm³/mol. The molecule has 3 N–H and O–H groups in total. The lowest BCUT2D eigenvalue weighted by Crippen LogP contribution is -2.48. The lowest BCUT2D eigenvalue weighted by atomic mass is 9.98. The zero-order valence-electron chi connectivity index (χ0n) is 12.3. The first-order valence-electron chi connectivity index (χ1n) is 7.30. The van der Waals surface area contributed by atoms with Crippen molar-refractivity contribution in [2.24, 2.45) is 5.73 Å². The van der Waals surface area contributed by atoms with Crippen LogP contribution < -0.4 is 11.1 Å². The van der Waals surface area contributed by atoms with Gasteiger partial charge in [0.1, 0.15) is 0 Å². The second-order valence-corrected chi connectivity index (χ2v) is 5.88. The Balaban J connectivity index is 1.98. The van der Waals surface area contributed by atoms with Crippen LogP contribution in [0.15, 0.2) is 24.3 Å². The average molecular weight is 276 g/mol. The molecule has 110 valence electrons. The Hall–Kier alpha value is -1.39. The van der Waals surface area contributed by atoms with Crippen LogP contribution in [0, 0.1) is 0 Å². The van der Waals surface area contributed by atoms with Crippen LogP contribution in [-0.2, 0) is 16.1 Å². The monoisotopic (exact) mass is 276 g/mol. The molecular formula is C16H24N2O2. The van der Waals surface area contributed by atoms with Gasteiger partial charge in [-0.15, -0.1) is 0 Å². The largest absolute Gasteiger partial charge is 0.374 e. The average Bonchev–Trinajstić information content (AvgIpc) is 2.85. The number of hydrogen-bond donors (Lipinski definition) is 2. The number of amides is 1. The minimum atomic E-state index is -0.690. The molecule has 0 radical (unpaired) electrons. The number of nitrogens with one attached hydrogen (secondary N) is 1. The Labute approximate surface area is 120 Å². The molecular weight excluding hydrogens is 252 g/mol. The molecule has 0 bridgehead atoms. The summed E-state index contributed by atoms with van der Waals surface area (Å²) in [5.74, 6) is -0.0723. The number of hydrogen-bond acceptors (Lipinski definition) is 3. The highest BCUT2D eigenvalue weighted by atomic mass is 16.5. The molecule has 20 heavy (non-hydrogen) atoms. The Morgan fingerprint density at radius 2 is 2.10 bits per heavy atom. The van der Waals surface area contributed by atoms with Gasteiger partial charge in [-0.05, 0) is 44.4 Å². The van der Waals surface area contributed by atoms with Crippen molar-refractivity contribution in [3.8, 4) is 0 Å². The molecule has 0 spiro atoms. The second kappa shape index (κ2) is 6.37. The highest BCUT2D eigenvalue weighted by Gasteiger charge is 2.36. The smallest absolute Gasteiger partial charge is 0.244 e. The maximum atomic E-state index is 12.2. The van der Waals surface area contributed by atoms with Crippen molar-refractivity contribution >= 4 is 11.6 Å². The van der Waals surface area contributed by atoms with Gasteiger partial charge >= 0.3 is 0 Å². The summed E-state index contributed by atoms with van der Waals surface area (Å²) in [6.45, 7) is 4.56. The van der Waals surface area contributed by atoms with E-state index in [0.717, 1.165) is 36.9 Å². The number of carbonyl (C=O) groups excluding carboxylic acids is 1. The maximum Gasteiger partial charge on any atom is 0.244 e. The molecule has 0 aliphatic heterocycles. The van der Waals surface area contributed by atoms with E-state index in [2.05, 4.69) is 5.32 Å². The highest BCUT2D eigenvalue weighted by Crippen LogP contribution is 2.28. The molecule has 1 aliphatic rings. The zero-order chi connectivity index (χ0) is 14.6. The van der Waals surface area contributed by atoms with Crippen LogP contribution in [0.2, 0.25) is 0 Å². The van der Waals surface area contributed by atoms with Crippen LogP contribution >= 0.6 is 0 Å². The van der Waals surface area contributed by atoms with Gasteiger partial charge in [-0.25, -0.2) is 0 Å². The van der Waals surface area contributed by atoms with Gasteiger partial charge in [0.05, 0.1) is 18.2 Å². The van der Waals surface area contributed by atoms with Gasteiger partial charge in [-0.3, -0.25) is 4.79 Å². The van der Waals surface area contributed by atoms with Crippen molar-refractivity contribution in [3.05, 3.63) is 29.8 Å². The minimum absolute atomic E-state index is 0.0723. The molecule has 4 heteroatoms. The van der Waals surface area contributed by atoms with Gasteiger partial charge < -0.3 is 15.8 Å². The van der Waals surface area contributed by atoms with Crippen LogP contribution in [0.1, 0.15) is 45.1 Å². The summed E-state index contributed by atoms with van der Waals surface area (Å²) in [7, 11) is 0. The van der Waals surface area contributed by atoms with Crippen molar-refractivity contribution in [1.29, 1.82) is 0 Å². The lowest BCUT2D eigenvalue weighted by molar-refractivity contribution is -0.121. The van der Waals surface area contributed by atoms with Gasteiger partial charge in [0.2, 0.25) is 5.91 Å². The molecule has 1 saturated carbocycles. The summed E-state index contributed by atoms with van der Waals surface area (Å²) >= 11 is 0. The number of benzene rings is 1. The normalized spacial score (nSPS) is 17.4. The molecule has 0 saturated heterocycles. The molecule has 1 aromatic carbocycles. The van der Waals surface area contributed by atoms with Crippen molar-refractivity contribution in [1.82, 2.24) is 0 Å². The van der Waals surface area contributed by atoms with Crippen molar-refractivity contribution in [3.63, 3.8) is 0 Å². The summed E-state index contributed by atoms with van der Waals surface area (Å²) in [5, 5.41) is 2.93. The summed E-state index contributed by atoms with van der Waals surface area (Å²) in [5.41, 5.74) is 7.30. The summed E-state index contributed by atoms with van der Waals surface area (Å²) < 4.78 is 5.57. The maximum absolute atomic E-state index is 12.2. The van der Waals surface area contributed by atoms with E-state index in [0.29, 0.717) is 6.61 Å². The van der Waals surface area contributed by atoms with Gasteiger partial charge in [0.25, 0.3) is 0 Å². The predicted octanol–water partition coefficient (Wildman–Crippen LogP) is 2.82. The highest BCUT2D eigenvalue weighted by molar-refractivity contribution is 5.98. The number of nitrogens with two attached hydrogens (primary N) is 1. The fourth-order valence-electron chi connectivity index (χ4n) is 2.49. The van der Waals surface area contributed by atoms with E-state index in [1.165, 1.54) is 0 Å². The first-order valence-corrected chi connectivity index (χ1v) is 7.30. The topological polar surface area (TPSA) is 64.3 Å². The molecule has 2 rings (SSSR count). The van der Waals surface area contributed by atoms with Crippen LogP contribution in [0.3, 0.4) is 0 Å². The molecule has 1 aromatic rings. The Kier molecular flexibility index (Phi) is 4.78. The van der Waals surface area contributed by atoms with E-state index in [1.807, 2.05) is 38.1 Å². The molecule has 1 amide bonds. The number of rotatable bonds is 5. The molecule has 1 fully saturated rings. The second-order valence-electron chi connectivity index (χ2n) is 5.88. The zero-order valence-corrected chi connectivity index (χ0v) is 12.3. The first kappa shape index (κ1) is 15.0. The van der Waals surface area contributed by atoms with E-state index in [9.17, 15) is 4.79 Å². The summed E-state index contributed by atoms with van der Waals surface area (Å²) in [4.78, 5) is 12.2. The van der Waals surface area contributed by atoms with Crippen LogP contribution in [0.5, 0.6) is 0 Å². The SMILES string of the molecule is CC(C)OCc1cccc(NC(=O)C2(N)CCCC2)c1.